The van der Waals surface area contributed by atoms with Crippen molar-refractivity contribution in [3.05, 3.63) is 22.7 Å². The third-order valence-electron chi connectivity index (χ3n) is 3.84. The highest BCUT2D eigenvalue weighted by Crippen LogP contribution is 2.32. The van der Waals surface area contributed by atoms with Crippen molar-refractivity contribution in [3.8, 4) is 0 Å². The van der Waals surface area contributed by atoms with Crippen LogP contribution in [-0.2, 0) is 10.0 Å². The van der Waals surface area contributed by atoms with Crippen LogP contribution in [0.15, 0.2) is 27.6 Å². The monoisotopic (exact) mass is 374 g/mol. The fourth-order valence-electron chi connectivity index (χ4n) is 2.85. The standard InChI is InChI=1S/C15H23BrN2O2S/c1-11(2)10-18(13-5-3-4-6-13)21(19,20)15-9-12(16)7-8-14(15)17/h7-9,11,13H,3-6,10,17H2,1-2H3. The topological polar surface area (TPSA) is 63.4 Å². The molecule has 0 aromatic heterocycles. The molecule has 0 saturated heterocycles. The van der Waals surface area contributed by atoms with E-state index in [0.29, 0.717) is 12.2 Å². The molecule has 0 spiro atoms. The summed E-state index contributed by atoms with van der Waals surface area (Å²) < 4.78 is 28.5. The number of nitrogens with zero attached hydrogens (tertiary/aromatic N) is 1. The van der Waals surface area contributed by atoms with Crippen molar-refractivity contribution in [1.82, 2.24) is 4.31 Å². The predicted molar refractivity (Wildman–Crippen MR) is 89.5 cm³/mol. The van der Waals surface area contributed by atoms with Crippen LogP contribution in [0.2, 0.25) is 0 Å². The van der Waals surface area contributed by atoms with Crippen LogP contribution in [0.4, 0.5) is 5.69 Å². The lowest BCUT2D eigenvalue weighted by atomic mass is 10.2. The fourth-order valence-corrected chi connectivity index (χ4v) is 5.36. The van der Waals surface area contributed by atoms with Gasteiger partial charge in [-0.1, -0.05) is 42.6 Å². The van der Waals surface area contributed by atoms with E-state index in [4.69, 9.17) is 5.73 Å². The zero-order chi connectivity index (χ0) is 15.6. The second-order valence-electron chi connectivity index (χ2n) is 6.09. The number of nitrogen functional groups attached to an aromatic ring is 1. The molecule has 1 aliphatic carbocycles. The van der Waals surface area contributed by atoms with Gasteiger partial charge in [0.2, 0.25) is 10.0 Å². The molecule has 1 aromatic rings. The maximum atomic E-state index is 13.1. The lowest BCUT2D eigenvalue weighted by molar-refractivity contribution is 0.292. The lowest BCUT2D eigenvalue weighted by Gasteiger charge is -2.30. The Bertz CT molecular complexity index is 596. The SMILES string of the molecule is CC(C)CN(C1CCCC1)S(=O)(=O)c1cc(Br)ccc1N. The Labute approximate surface area is 135 Å². The summed E-state index contributed by atoms with van der Waals surface area (Å²) in [6.45, 7) is 4.63. The molecule has 1 aromatic carbocycles. The maximum Gasteiger partial charge on any atom is 0.245 e. The summed E-state index contributed by atoms with van der Waals surface area (Å²) in [6, 6.07) is 5.11. The molecular formula is C15H23BrN2O2S. The van der Waals surface area contributed by atoms with Crippen LogP contribution < -0.4 is 5.73 Å². The minimum atomic E-state index is -3.55. The molecule has 0 radical (unpaired) electrons. The summed E-state index contributed by atoms with van der Waals surface area (Å²) in [6.07, 6.45) is 4.09. The number of benzene rings is 1. The van der Waals surface area contributed by atoms with Gasteiger partial charge in [-0.25, -0.2) is 8.42 Å². The summed E-state index contributed by atoms with van der Waals surface area (Å²) in [5.74, 6) is 0.286. The van der Waals surface area contributed by atoms with Gasteiger partial charge in [0.1, 0.15) is 4.90 Å². The Kier molecular flexibility index (Phi) is 5.33. The van der Waals surface area contributed by atoms with Gasteiger partial charge in [0.05, 0.1) is 5.69 Å². The van der Waals surface area contributed by atoms with Crippen molar-refractivity contribution < 1.29 is 8.42 Å². The molecular weight excluding hydrogens is 352 g/mol. The van der Waals surface area contributed by atoms with Gasteiger partial charge in [0, 0.05) is 17.1 Å². The van der Waals surface area contributed by atoms with Crippen molar-refractivity contribution in [1.29, 1.82) is 0 Å². The first-order chi connectivity index (χ1) is 9.82. The van der Waals surface area contributed by atoms with Gasteiger partial charge in [-0.15, -0.1) is 0 Å². The Balaban J connectivity index is 2.43. The van der Waals surface area contributed by atoms with E-state index in [-0.39, 0.29) is 16.9 Å². The Morgan fingerprint density at radius 3 is 2.52 bits per heavy atom. The zero-order valence-electron chi connectivity index (χ0n) is 12.5. The molecule has 6 heteroatoms. The molecule has 0 bridgehead atoms. The lowest BCUT2D eigenvalue weighted by Crippen LogP contribution is -2.41. The van der Waals surface area contributed by atoms with E-state index in [0.717, 1.165) is 30.2 Å². The maximum absolute atomic E-state index is 13.1. The quantitative estimate of drug-likeness (QED) is 0.800. The normalized spacial score (nSPS) is 17.0. The highest BCUT2D eigenvalue weighted by molar-refractivity contribution is 9.10. The molecule has 2 rings (SSSR count). The number of hydrogen-bond acceptors (Lipinski definition) is 3. The van der Waals surface area contributed by atoms with Gasteiger partial charge < -0.3 is 5.73 Å². The third-order valence-corrected chi connectivity index (χ3v) is 6.31. The summed E-state index contributed by atoms with van der Waals surface area (Å²) in [5.41, 5.74) is 6.23. The average molecular weight is 375 g/mol. The van der Waals surface area contributed by atoms with Crippen molar-refractivity contribution in [2.45, 2.75) is 50.5 Å². The summed E-state index contributed by atoms with van der Waals surface area (Å²) in [7, 11) is -3.55. The number of rotatable bonds is 5. The highest BCUT2D eigenvalue weighted by Gasteiger charge is 2.34. The largest absolute Gasteiger partial charge is 0.398 e. The fraction of sp³-hybridized carbons (Fsp3) is 0.600. The van der Waals surface area contributed by atoms with E-state index in [2.05, 4.69) is 15.9 Å². The minimum absolute atomic E-state index is 0.107. The Hall–Kier alpha value is -0.590. The van der Waals surface area contributed by atoms with Crippen LogP contribution in [0.25, 0.3) is 0 Å². The van der Waals surface area contributed by atoms with Gasteiger partial charge in [0.25, 0.3) is 0 Å². The number of halogens is 1. The van der Waals surface area contributed by atoms with Gasteiger partial charge in [0.15, 0.2) is 0 Å². The first kappa shape index (κ1) is 16.8. The molecule has 0 aliphatic heterocycles. The molecule has 0 atom stereocenters. The summed E-state index contributed by atoms with van der Waals surface area (Å²) in [4.78, 5) is 0.212. The van der Waals surface area contributed by atoms with Gasteiger partial charge in [-0.3, -0.25) is 0 Å². The number of nitrogens with two attached hydrogens (primary N) is 1. The Morgan fingerprint density at radius 1 is 1.33 bits per heavy atom. The predicted octanol–water partition coefficient (Wildman–Crippen LogP) is 3.62. The zero-order valence-corrected chi connectivity index (χ0v) is 15.0. The average Bonchev–Trinajstić information content (AvgIpc) is 2.92. The minimum Gasteiger partial charge on any atom is -0.398 e. The summed E-state index contributed by atoms with van der Waals surface area (Å²) >= 11 is 3.33. The molecule has 1 saturated carbocycles. The van der Waals surface area contributed by atoms with Gasteiger partial charge in [-0.05, 0) is 37.0 Å². The second-order valence-corrected chi connectivity index (χ2v) is 8.86. The van der Waals surface area contributed by atoms with E-state index in [1.807, 2.05) is 13.8 Å². The molecule has 0 unspecified atom stereocenters. The number of anilines is 1. The van der Waals surface area contributed by atoms with Crippen LogP contribution in [0.5, 0.6) is 0 Å². The number of sulfonamides is 1. The first-order valence-electron chi connectivity index (χ1n) is 7.39. The molecule has 118 valence electrons. The van der Waals surface area contributed by atoms with E-state index < -0.39 is 10.0 Å². The first-order valence-corrected chi connectivity index (χ1v) is 9.62. The van der Waals surface area contributed by atoms with E-state index in [1.54, 1.807) is 22.5 Å². The second kappa shape index (κ2) is 6.67. The molecule has 4 nitrogen and oxygen atoms in total. The third kappa shape index (κ3) is 3.79. The molecule has 21 heavy (non-hydrogen) atoms. The molecule has 1 aliphatic rings. The van der Waals surface area contributed by atoms with Crippen molar-refractivity contribution in [3.63, 3.8) is 0 Å². The smallest absolute Gasteiger partial charge is 0.245 e. The van der Waals surface area contributed by atoms with Crippen molar-refractivity contribution in [2.75, 3.05) is 12.3 Å². The van der Waals surface area contributed by atoms with Crippen molar-refractivity contribution >= 4 is 31.6 Å². The number of hydrogen-bond donors (Lipinski definition) is 1. The summed E-state index contributed by atoms with van der Waals surface area (Å²) in [5, 5.41) is 0. The van der Waals surface area contributed by atoms with Crippen LogP contribution in [0, 0.1) is 5.92 Å². The van der Waals surface area contributed by atoms with Crippen LogP contribution in [0.1, 0.15) is 39.5 Å². The molecule has 1 fully saturated rings. The van der Waals surface area contributed by atoms with Crippen LogP contribution in [0.3, 0.4) is 0 Å². The molecule has 0 heterocycles. The van der Waals surface area contributed by atoms with Gasteiger partial charge in [-0.2, -0.15) is 4.31 Å². The van der Waals surface area contributed by atoms with E-state index in [9.17, 15) is 8.42 Å². The highest BCUT2D eigenvalue weighted by atomic mass is 79.9. The molecule has 2 N–H and O–H groups in total. The molecule has 0 amide bonds. The Morgan fingerprint density at radius 2 is 1.95 bits per heavy atom. The van der Waals surface area contributed by atoms with Crippen molar-refractivity contribution in [2.24, 2.45) is 5.92 Å². The van der Waals surface area contributed by atoms with Crippen LogP contribution >= 0.6 is 15.9 Å². The van der Waals surface area contributed by atoms with Gasteiger partial charge >= 0.3 is 0 Å². The van der Waals surface area contributed by atoms with E-state index in [1.165, 1.54) is 0 Å². The van der Waals surface area contributed by atoms with E-state index >= 15 is 0 Å². The van der Waals surface area contributed by atoms with Crippen LogP contribution in [-0.4, -0.2) is 25.3 Å².